The molecular weight excluding hydrogens is 294 g/mol. The van der Waals surface area contributed by atoms with E-state index in [-0.39, 0.29) is 0 Å². The largest absolute Gasteiger partial charge is 0.306 e. The molecule has 0 amide bonds. The SMILES string of the molecule is CN1CCC[C@@H](c2nn3c(Cc4ccccc4)nnc3s2)C1. The summed E-state index contributed by atoms with van der Waals surface area (Å²) in [5, 5.41) is 14.6. The van der Waals surface area contributed by atoms with Crippen molar-refractivity contribution in [2.45, 2.75) is 25.2 Å². The lowest BCUT2D eigenvalue weighted by atomic mass is 9.99. The molecule has 0 N–H and O–H groups in total. The molecule has 0 bridgehead atoms. The normalized spacial score (nSPS) is 19.8. The van der Waals surface area contributed by atoms with Gasteiger partial charge in [0.25, 0.3) is 0 Å². The molecule has 6 heteroatoms. The van der Waals surface area contributed by atoms with Gasteiger partial charge < -0.3 is 4.90 Å². The Morgan fingerprint density at radius 2 is 2.09 bits per heavy atom. The van der Waals surface area contributed by atoms with Crippen LogP contribution in [0.4, 0.5) is 0 Å². The highest BCUT2D eigenvalue weighted by atomic mass is 32.1. The molecule has 0 aliphatic carbocycles. The molecule has 1 saturated heterocycles. The zero-order valence-electron chi connectivity index (χ0n) is 12.6. The monoisotopic (exact) mass is 313 g/mol. The molecule has 1 aliphatic rings. The zero-order valence-corrected chi connectivity index (χ0v) is 13.5. The van der Waals surface area contributed by atoms with Crippen LogP contribution in [-0.2, 0) is 6.42 Å². The highest BCUT2D eigenvalue weighted by Crippen LogP contribution is 2.29. The fourth-order valence-electron chi connectivity index (χ4n) is 3.09. The summed E-state index contributed by atoms with van der Waals surface area (Å²) in [5.74, 6) is 1.46. The van der Waals surface area contributed by atoms with Crippen LogP contribution in [0.1, 0.15) is 35.2 Å². The Morgan fingerprint density at radius 1 is 1.23 bits per heavy atom. The third-order valence-corrected chi connectivity index (χ3v) is 5.31. The molecule has 0 unspecified atom stereocenters. The van der Waals surface area contributed by atoms with Crippen LogP contribution in [0.2, 0.25) is 0 Å². The minimum atomic E-state index is 0.537. The Balaban J connectivity index is 1.62. The number of rotatable bonds is 3. The fraction of sp³-hybridized carbons (Fsp3) is 0.438. The zero-order chi connectivity index (χ0) is 14.9. The maximum absolute atomic E-state index is 4.81. The van der Waals surface area contributed by atoms with Crippen molar-refractivity contribution in [2.24, 2.45) is 0 Å². The van der Waals surface area contributed by atoms with Gasteiger partial charge in [-0.1, -0.05) is 41.7 Å². The highest BCUT2D eigenvalue weighted by molar-refractivity contribution is 7.16. The van der Waals surface area contributed by atoms with Gasteiger partial charge in [-0.2, -0.15) is 9.61 Å². The van der Waals surface area contributed by atoms with E-state index >= 15 is 0 Å². The number of aromatic nitrogens is 4. The molecule has 1 fully saturated rings. The van der Waals surface area contributed by atoms with Crippen molar-refractivity contribution in [3.8, 4) is 0 Å². The lowest BCUT2D eigenvalue weighted by Gasteiger charge is -2.27. The quantitative estimate of drug-likeness (QED) is 0.745. The summed E-state index contributed by atoms with van der Waals surface area (Å²) in [6, 6.07) is 10.4. The molecule has 3 aromatic rings. The number of piperidine rings is 1. The first-order chi connectivity index (χ1) is 10.8. The number of likely N-dealkylation sites (N-methyl/N-ethyl adjacent to an activating group) is 1. The molecule has 114 valence electrons. The molecule has 22 heavy (non-hydrogen) atoms. The molecule has 4 rings (SSSR count). The summed E-state index contributed by atoms with van der Waals surface area (Å²) in [4.78, 5) is 3.30. The van der Waals surface area contributed by atoms with Gasteiger partial charge in [0, 0.05) is 18.9 Å². The van der Waals surface area contributed by atoms with Crippen molar-refractivity contribution in [3.63, 3.8) is 0 Å². The molecule has 0 radical (unpaired) electrons. The lowest BCUT2D eigenvalue weighted by molar-refractivity contribution is 0.250. The van der Waals surface area contributed by atoms with E-state index in [0.29, 0.717) is 5.92 Å². The standard InChI is InChI=1S/C16H19N5S/c1-20-9-5-8-13(11-20)15-19-21-14(17-18-16(21)22-15)10-12-6-3-2-4-7-12/h2-4,6-7,13H,5,8-11H2,1H3/t13-/m1/s1. The average molecular weight is 313 g/mol. The van der Waals surface area contributed by atoms with E-state index in [4.69, 9.17) is 5.10 Å². The summed E-state index contributed by atoms with van der Waals surface area (Å²) in [7, 11) is 2.19. The van der Waals surface area contributed by atoms with Crippen LogP contribution >= 0.6 is 11.3 Å². The van der Waals surface area contributed by atoms with Crippen LogP contribution in [-0.4, -0.2) is 44.8 Å². The Bertz CT molecular complexity index is 763. The Labute approximate surface area is 133 Å². The van der Waals surface area contributed by atoms with Crippen LogP contribution < -0.4 is 0 Å². The minimum Gasteiger partial charge on any atom is -0.306 e. The Hall–Kier alpha value is -1.79. The van der Waals surface area contributed by atoms with Gasteiger partial charge in [-0.25, -0.2) is 0 Å². The number of benzene rings is 1. The molecule has 3 heterocycles. The molecule has 0 saturated carbocycles. The molecular formula is C16H19N5S. The van der Waals surface area contributed by atoms with Gasteiger partial charge in [-0.15, -0.1) is 10.2 Å². The van der Waals surface area contributed by atoms with E-state index in [0.717, 1.165) is 23.8 Å². The summed E-state index contributed by atoms with van der Waals surface area (Å²) in [6.07, 6.45) is 3.25. The number of hydrogen-bond donors (Lipinski definition) is 0. The second-order valence-electron chi connectivity index (χ2n) is 6.01. The smallest absolute Gasteiger partial charge is 0.234 e. The minimum absolute atomic E-state index is 0.537. The van der Waals surface area contributed by atoms with Crippen molar-refractivity contribution >= 4 is 16.3 Å². The summed E-state index contributed by atoms with van der Waals surface area (Å²) in [6.45, 7) is 2.29. The van der Waals surface area contributed by atoms with Gasteiger partial charge in [-0.3, -0.25) is 0 Å². The van der Waals surface area contributed by atoms with E-state index in [9.17, 15) is 0 Å². The molecule has 1 atom stereocenters. The van der Waals surface area contributed by atoms with Crippen LogP contribution in [0.15, 0.2) is 30.3 Å². The number of likely N-dealkylation sites (tertiary alicyclic amines) is 1. The molecule has 1 aromatic carbocycles. The van der Waals surface area contributed by atoms with Crippen molar-refractivity contribution in [1.82, 2.24) is 24.7 Å². The van der Waals surface area contributed by atoms with E-state index < -0.39 is 0 Å². The van der Waals surface area contributed by atoms with Crippen LogP contribution in [0.3, 0.4) is 0 Å². The highest BCUT2D eigenvalue weighted by Gasteiger charge is 2.23. The summed E-state index contributed by atoms with van der Waals surface area (Å²) >= 11 is 1.69. The summed E-state index contributed by atoms with van der Waals surface area (Å²) in [5.41, 5.74) is 1.24. The first-order valence-corrected chi connectivity index (χ1v) is 8.55. The van der Waals surface area contributed by atoms with Crippen LogP contribution in [0.25, 0.3) is 4.96 Å². The third-order valence-electron chi connectivity index (χ3n) is 4.25. The number of fused-ring (bicyclic) bond motifs is 1. The maximum atomic E-state index is 4.81. The Morgan fingerprint density at radius 3 is 2.91 bits per heavy atom. The summed E-state index contributed by atoms with van der Waals surface area (Å²) < 4.78 is 1.93. The average Bonchev–Trinajstić information content (AvgIpc) is 3.11. The van der Waals surface area contributed by atoms with Crippen LogP contribution in [0.5, 0.6) is 0 Å². The van der Waals surface area contributed by atoms with Gasteiger partial charge in [0.1, 0.15) is 5.01 Å². The molecule has 2 aromatic heterocycles. The second kappa shape index (κ2) is 5.78. The van der Waals surface area contributed by atoms with Gasteiger partial charge in [0.05, 0.1) is 0 Å². The first kappa shape index (κ1) is 13.8. The molecule has 1 aliphatic heterocycles. The Kier molecular flexibility index (Phi) is 3.63. The number of hydrogen-bond acceptors (Lipinski definition) is 5. The van der Waals surface area contributed by atoms with Crippen molar-refractivity contribution in [1.29, 1.82) is 0 Å². The van der Waals surface area contributed by atoms with E-state index in [1.807, 2.05) is 10.6 Å². The van der Waals surface area contributed by atoms with Crippen molar-refractivity contribution in [3.05, 3.63) is 46.7 Å². The first-order valence-electron chi connectivity index (χ1n) is 7.73. The second-order valence-corrected chi connectivity index (χ2v) is 7.00. The number of nitrogens with zero attached hydrogens (tertiary/aromatic N) is 5. The van der Waals surface area contributed by atoms with Gasteiger partial charge in [0.15, 0.2) is 5.82 Å². The fourth-order valence-corrected chi connectivity index (χ4v) is 4.08. The van der Waals surface area contributed by atoms with E-state index in [1.165, 1.54) is 30.0 Å². The van der Waals surface area contributed by atoms with Gasteiger partial charge in [0.2, 0.25) is 4.96 Å². The van der Waals surface area contributed by atoms with Gasteiger partial charge in [-0.05, 0) is 32.0 Å². The molecule has 0 spiro atoms. The molecule has 5 nitrogen and oxygen atoms in total. The lowest BCUT2D eigenvalue weighted by Crippen LogP contribution is -2.30. The van der Waals surface area contributed by atoms with E-state index in [2.05, 4.69) is 46.4 Å². The van der Waals surface area contributed by atoms with Crippen LogP contribution in [0, 0.1) is 0 Å². The van der Waals surface area contributed by atoms with Gasteiger partial charge >= 0.3 is 0 Å². The predicted octanol–water partition coefficient (Wildman–Crippen LogP) is 2.59. The third kappa shape index (κ3) is 2.64. The topological polar surface area (TPSA) is 46.3 Å². The van der Waals surface area contributed by atoms with E-state index in [1.54, 1.807) is 11.3 Å². The van der Waals surface area contributed by atoms with Crippen molar-refractivity contribution in [2.75, 3.05) is 20.1 Å². The van der Waals surface area contributed by atoms with Crippen molar-refractivity contribution < 1.29 is 0 Å². The maximum Gasteiger partial charge on any atom is 0.234 e. The predicted molar refractivity (Wildman–Crippen MR) is 87.4 cm³/mol.